The minimum Gasteiger partial charge on any atom is -0.475 e. The van der Waals surface area contributed by atoms with Crippen molar-refractivity contribution in [2.45, 2.75) is 33.3 Å². The van der Waals surface area contributed by atoms with Crippen LogP contribution >= 0.6 is 11.6 Å². The third-order valence-electron chi connectivity index (χ3n) is 2.83. The zero-order valence-electron chi connectivity index (χ0n) is 12.0. The largest absolute Gasteiger partial charge is 0.475 e. The molecule has 0 aliphatic carbocycles. The van der Waals surface area contributed by atoms with E-state index in [0.717, 1.165) is 12.0 Å². The van der Waals surface area contributed by atoms with Crippen LogP contribution in [-0.2, 0) is 0 Å². The van der Waals surface area contributed by atoms with Crippen molar-refractivity contribution >= 4 is 11.6 Å². The van der Waals surface area contributed by atoms with E-state index in [0.29, 0.717) is 22.8 Å². The minimum absolute atomic E-state index is 0.101. The van der Waals surface area contributed by atoms with Gasteiger partial charge in [-0.3, -0.25) is 0 Å². The lowest BCUT2D eigenvalue weighted by Gasteiger charge is -2.16. The molecule has 1 atom stereocenters. The molecule has 1 unspecified atom stereocenters. The molecule has 1 aromatic carbocycles. The predicted molar refractivity (Wildman–Crippen MR) is 82.0 cm³/mol. The Balaban J connectivity index is 2.21. The first-order valence-electron chi connectivity index (χ1n) is 6.81. The maximum Gasteiger partial charge on any atom is 0.218 e. The standard InChI is InChI=1S/C16H19ClN2O/c1-11(2)9-12(3)20-15-10-14(17)18-16(19-15)13-7-5-4-6-8-13/h4-8,10-12H,9H2,1-3H3. The van der Waals surface area contributed by atoms with Gasteiger partial charge in [0.25, 0.3) is 0 Å². The van der Waals surface area contributed by atoms with E-state index < -0.39 is 0 Å². The van der Waals surface area contributed by atoms with Crippen molar-refractivity contribution in [2.75, 3.05) is 0 Å². The number of hydrogen-bond donors (Lipinski definition) is 0. The van der Waals surface area contributed by atoms with Gasteiger partial charge in [-0.05, 0) is 19.3 Å². The number of nitrogens with zero attached hydrogens (tertiary/aromatic N) is 2. The maximum atomic E-state index is 6.06. The fourth-order valence-corrected chi connectivity index (χ4v) is 2.27. The second-order valence-corrected chi connectivity index (χ2v) is 5.66. The van der Waals surface area contributed by atoms with Crippen LogP contribution in [0.1, 0.15) is 27.2 Å². The number of ether oxygens (including phenoxy) is 1. The second kappa shape index (κ2) is 6.71. The van der Waals surface area contributed by atoms with Crippen molar-refractivity contribution in [1.82, 2.24) is 9.97 Å². The van der Waals surface area contributed by atoms with Gasteiger partial charge in [-0.15, -0.1) is 0 Å². The van der Waals surface area contributed by atoms with Crippen molar-refractivity contribution in [1.29, 1.82) is 0 Å². The molecule has 2 aromatic rings. The SMILES string of the molecule is CC(C)CC(C)Oc1cc(Cl)nc(-c2ccccc2)n1. The van der Waals surface area contributed by atoms with Gasteiger partial charge in [0, 0.05) is 11.6 Å². The van der Waals surface area contributed by atoms with Crippen LogP contribution in [0, 0.1) is 5.92 Å². The summed E-state index contributed by atoms with van der Waals surface area (Å²) < 4.78 is 5.83. The lowest BCUT2D eigenvalue weighted by atomic mass is 10.1. The van der Waals surface area contributed by atoms with E-state index in [1.165, 1.54) is 0 Å². The summed E-state index contributed by atoms with van der Waals surface area (Å²) in [7, 11) is 0. The first kappa shape index (κ1) is 14.8. The molecule has 106 valence electrons. The molecule has 0 radical (unpaired) electrons. The fraction of sp³-hybridized carbons (Fsp3) is 0.375. The van der Waals surface area contributed by atoms with Gasteiger partial charge in [-0.25, -0.2) is 4.98 Å². The molecule has 0 aliphatic heterocycles. The first-order chi connectivity index (χ1) is 9.54. The number of benzene rings is 1. The summed E-state index contributed by atoms with van der Waals surface area (Å²) in [6.45, 7) is 6.38. The van der Waals surface area contributed by atoms with E-state index in [1.807, 2.05) is 37.3 Å². The highest BCUT2D eigenvalue weighted by Crippen LogP contribution is 2.22. The van der Waals surface area contributed by atoms with Gasteiger partial charge in [0.2, 0.25) is 5.88 Å². The molecule has 1 aromatic heterocycles. The molecule has 0 spiro atoms. The van der Waals surface area contributed by atoms with Crippen LogP contribution in [0.5, 0.6) is 5.88 Å². The summed E-state index contributed by atoms with van der Waals surface area (Å²) in [6.07, 6.45) is 1.08. The van der Waals surface area contributed by atoms with Crippen molar-refractivity contribution in [3.63, 3.8) is 0 Å². The van der Waals surface area contributed by atoms with Crippen LogP contribution in [0.4, 0.5) is 0 Å². The van der Waals surface area contributed by atoms with Crippen molar-refractivity contribution in [3.8, 4) is 17.3 Å². The Bertz CT molecular complexity index is 558. The molecule has 1 heterocycles. The molecule has 0 N–H and O–H groups in total. The molecule has 3 nitrogen and oxygen atoms in total. The van der Waals surface area contributed by atoms with Gasteiger partial charge in [-0.1, -0.05) is 55.8 Å². The monoisotopic (exact) mass is 290 g/mol. The molecule has 20 heavy (non-hydrogen) atoms. The number of halogens is 1. The Morgan fingerprint density at radius 1 is 1.10 bits per heavy atom. The summed E-state index contributed by atoms with van der Waals surface area (Å²) in [5.74, 6) is 1.69. The van der Waals surface area contributed by atoms with Gasteiger partial charge < -0.3 is 4.74 Å². The average molecular weight is 291 g/mol. The second-order valence-electron chi connectivity index (χ2n) is 5.28. The summed E-state index contributed by atoms with van der Waals surface area (Å²) in [6, 6.07) is 11.4. The molecule has 0 aliphatic rings. The topological polar surface area (TPSA) is 35.0 Å². The Morgan fingerprint density at radius 2 is 1.80 bits per heavy atom. The van der Waals surface area contributed by atoms with Crippen LogP contribution in [0.15, 0.2) is 36.4 Å². The van der Waals surface area contributed by atoms with Crippen molar-refractivity contribution in [3.05, 3.63) is 41.6 Å². The summed E-state index contributed by atoms with van der Waals surface area (Å²) >= 11 is 6.06. The Morgan fingerprint density at radius 3 is 2.45 bits per heavy atom. The Kier molecular flexibility index (Phi) is 4.96. The zero-order valence-corrected chi connectivity index (χ0v) is 12.8. The van der Waals surface area contributed by atoms with E-state index >= 15 is 0 Å². The lowest BCUT2D eigenvalue weighted by Crippen LogP contribution is -2.15. The van der Waals surface area contributed by atoms with Crippen LogP contribution < -0.4 is 4.74 Å². The third-order valence-corrected chi connectivity index (χ3v) is 3.02. The van der Waals surface area contributed by atoms with Crippen LogP contribution in [0.3, 0.4) is 0 Å². The smallest absolute Gasteiger partial charge is 0.218 e. The third kappa shape index (κ3) is 4.20. The van der Waals surface area contributed by atoms with Gasteiger partial charge in [-0.2, -0.15) is 4.98 Å². The predicted octanol–water partition coefficient (Wildman–Crippen LogP) is 4.61. The molecule has 0 saturated heterocycles. The molecule has 0 saturated carbocycles. The first-order valence-corrected chi connectivity index (χ1v) is 7.19. The zero-order chi connectivity index (χ0) is 14.5. The Hall–Kier alpha value is -1.61. The van der Waals surface area contributed by atoms with E-state index in [2.05, 4.69) is 23.8 Å². The van der Waals surface area contributed by atoms with Crippen LogP contribution in [0.25, 0.3) is 11.4 Å². The molecule has 0 bridgehead atoms. The molecular formula is C16H19ClN2O. The summed E-state index contributed by atoms with van der Waals surface area (Å²) in [5.41, 5.74) is 0.927. The van der Waals surface area contributed by atoms with Crippen LogP contribution in [0.2, 0.25) is 5.15 Å². The quantitative estimate of drug-likeness (QED) is 0.754. The summed E-state index contributed by atoms with van der Waals surface area (Å²) in [5, 5.41) is 0.394. The molecule has 2 rings (SSSR count). The highest BCUT2D eigenvalue weighted by atomic mass is 35.5. The van der Waals surface area contributed by atoms with Crippen LogP contribution in [-0.4, -0.2) is 16.1 Å². The van der Waals surface area contributed by atoms with E-state index in [1.54, 1.807) is 6.07 Å². The van der Waals surface area contributed by atoms with Gasteiger partial charge >= 0.3 is 0 Å². The molecule has 4 heteroatoms. The van der Waals surface area contributed by atoms with Crippen molar-refractivity contribution < 1.29 is 4.74 Å². The van der Waals surface area contributed by atoms with E-state index in [9.17, 15) is 0 Å². The van der Waals surface area contributed by atoms with E-state index in [4.69, 9.17) is 16.3 Å². The number of aromatic nitrogens is 2. The average Bonchev–Trinajstić information content (AvgIpc) is 2.38. The molecule has 0 fully saturated rings. The minimum atomic E-state index is 0.101. The van der Waals surface area contributed by atoms with Crippen molar-refractivity contribution in [2.24, 2.45) is 5.92 Å². The fourth-order valence-electron chi connectivity index (χ4n) is 2.09. The maximum absolute atomic E-state index is 6.06. The highest BCUT2D eigenvalue weighted by molar-refractivity contribution is 6.29. The van der Waals surface area contributed by atoms with Gasteiger partial charge in [0.05, 0.1) is 6.10 Å². The van der Waals surface area contributed by atoms with E-state index in [-0.39, 0.29) is 6.10 Å². The lowest BCUT2D eigenvalue weighted by molar-refractivity contribution is 0.185. The molecule has 0 amide bonds. The van der Waals surface area contributed by atoms with Gasteiger partial charge in [0.15, 0.2) is 5.82 Å². The number of rotatable bonds is 5. The Labute approximate surface area is 125 Å². The van der Waals surface area contributed by atoms with Gasteiger partial charge in [0.1, 0.15) is 5.15 Å². The normalized spacial score (nSPS) is 12.4. The highest BCUT2D eigenvalue weighted by Gasteiger charge is 2.11. The molecular weight excluding hydrogens is 272 g/mol. The number of hydrogen-bond acceptors (Lipinski definition) is 3. The summed E-state index contributed by atoms with van der Waals surface area (Å²) in [4.78, 5) is 8.68.